The largest absolute Gasteiger partial charge is 0.309 e. The van der Waals surface area contributed by atoms with Crippen LogP contribution in [-0.2, 0) is 0 Å². The van der Waals surface area contributed by atoms with E-state index in [1.54, 1.807) is 11.1 Å². The number of benzene rings is 1. The Labute approximate surface area is 79.2 Å². The van der Waals surface area contributed by atoms with Crippen molar-refractivity contribution in [2.24, 2.45) is 0 Å². The van der Waals surface area contributed by atoms with E-state index in [9.17, 15) is 0 Å². The van der Waals surface area contributed by atoms with Crippen LogP contribution in [0.25, 0.3) is 0 Å². The van der Waals surface area contributed by atoms with E-state index in [2.05, 4.69) is 29.6 Å². The molecule has 4 rings (SSSR count). The van der Waals surface area contributed by atoms with E-state index < -0.39 is 0 Å². The Kier molecular flexibility index (Phi) is 1.66. The van der Waals surface area contributed by atoms with Gasteiger partial charge in [-0.3, -0.25) is 0 Å². The molecule has 3 aliphatic rings. The van der Waals surface area contributed by atoms with E-state index in [4.69, 9.17) is 0 Å². The highest BCUT2D eigenvalue weighted by Gasteiger charge is 2.29. The zero-order chi connectivity index (χ0) is 8.67. The molecule has 13 heavy (non-hydrogen) atoms. The van der Waals surface area contributed by atoms with Crippen molar-refractivity contribution in [3.63, 3.8) is 0 Å². The molecule has 1 aliphatic carbocycles. The van der Waals surface area contributed by atoms with Crippen molar-refractivity contribution in [3.05, 3.63) is 35.4 Å². The third kappa shape index (κ3) is 1.11. The van der Waals surface area contributed by atoms with Crippen LogP contribution in [0.1, 0.15) is 42.3 Å². The summed E-state index contributed by atoms with van der Waals surface area (Å²) in [5.74, 6) is 0.787. The molecule has 0 saturated carbocycles. The molecule has 68 valence electrons. The standard InChI is InChI=1S/C12H15N/c1-2-6-11-10(5-1)9-4-3-7-12(11)13-8-9/h1-2,5-6,9,12-13H,3-4,7-8H2. The lowest BCUT2D eigenvalue weighted by Gasteiger charge is -2.28. The van der Waals surface area contributed by atoms with Crippen molar-refractivity contribution in [2.75, 3.05) is 6.54 Å². The van der Waals surface area contributed by atoms with Crippen molar-refractivity contribution >= 4 is 0 Å². The zero-order valence-corrected chi connectivity index (χ0v) is 7.79. The summed E-state index contributed by atoms with van der Waals surface area (Å²) in [5.41, 5.74) is 3.18. The summed E-state index contributed by atoms with van der Waals surface area (Å²) in [6, 6.07) is 9.61. The Hall–Kier alpha value is -0.820. The van der Waals surface area contributed by atoms with Crippen LogP contribution in [0.4, 0.5) is 0 Å². The number of hydrogen-bond acceptors (Lipinski definition) is 1. The lowest BCUT2D eigenvalue weighted by atomic mass is 9.88. The van der Waals surface area contributed by atoms with Crippen LogP contribution in [0.15, 0.2) is 24.3 Å². The fourth-order valence-corrected chi connectivity index (χ4v) is 2.79. The van der Waals surface area contributed by atoms with Gasteiger partial charge in [0, 0.05) is 12.6 Å². The minimum Gasteiger partial charge on any atom is -0.309 e. The van der Waals surface area contributed by atoms with Crippen molar-refractivity contribution in [2.45, 2.75) is 31.2 Å². The van der Waals surface area contributed by atoms with Gasteiger partial charge in [0.2, 0.25) is 0 Å². The fourth-order valence-electron chi connectivity index (χ4n) is 2.79. The van der Waals surface area contributed by atoms with Crippen LogP contribution in [0.2, 0.25) is 0 Å². The quantitative estimate of drug-likeness (QED) is 0.636. The first-order chi connectivity index (χ1) is 6.45. The van der Waals surface area contributed by atoms with E-state index >= 15 is 0 Å². The summed E-state index contributed by atoms with van der Waals surface area (Å²) in [4.78, 5) is 0. The number of hydrogen-bond donors (Lipinski definition) is 1. The van der Waals surface area contributed by atoms with Gasteiger partial charge >= 0.3 is 0 Å². The van der Waals surface area contributed by atoms with E-state index in [1.807, 2.05) is 0 Å². The van der Waals surface area contributed by atoms with E-state index in [-0.39, 0.29) is 0 Å². The van der Waals surface area contributed by atoms with Crippen molar-refractivity contribution in [1.29, 1.82) is 0 Å². The number of rotatable bonds is 0. The maximum atomic E-state index is 3.64. The van der Waals surface area contributed by atoms with Crippen LogP contribution >= 0.6 is 0 Å². The molecule has 2 atom stereocenters. The highest BCUT2D eigenvalue weighted by atomic mass is 14.9. The molecule has 0 spiro atoms. The molecule has 0 aromatic heterocycles. The van der Waals surface area contributed by atoms with Gasteiger partial charge in [0.05, 0.1) is 0 Å². The van der Waals surface area contributed by atoms with Gasteiger partial charge in [0.15, 0.2) is 0 Å². The summed E-state index contributed by atoms with van der Waals surface area (Å²) in [6.45, 7) is 1.20. The van der Waals surface area contributed by atoms with Crippen molar-refractivity contribution in [3.8, 4) is 0 Å². The summed E-state index contributed by atoms with van der Waals surface area (Å²) in [5, 5.41) is 3.64. The second kappa shape index (κ2) is 2.85. The molecule has 1 nitrogen and oxygen atoms in total. The van der Waals surface area contributed by atoms with Crippen molar-refractivity contribution in [1.82, 2.24) is 5.32 Å². The lowest BCUT2D eigenvalue weighted by molar-refractivity contribution is 0.491. The molecule has 2 unspecified atom stereocenters. The van der Waals surface area contributed by atoms with Crippen LogP contribution < -0.4 is 5.32 Å². The molecule has 2 aliphatic heterocycles. The lowest BCUT2D eigenvalue weighted by Crippen LogP contribution is -2.30. The molecule has 1 heteroatoms. The third-order valence-electron chi connectivity index (χ3n) is 3.47. The normalized spacial score (nSPS) is 31.1. The van der Waals surface area contributed by atoms with Gasteiger partial charge in [-0.2, -0.15) is 0 Å². The maximum Gasteiger partial charge on any atom is 0.0323 e. The molecular formula is C12H15N. The minimum absolute atomic E-state index is 0.648. The van der Waals surface area contributed by atoms with Gasteiger partial charge in [-0.15, -0.1) is 0 Å². The first-order valence-electron chi connectivity index (χ1n) is 5.27. The number of nitrogens with one attached hydrogen (secondary N) is 1. The summed E-state index contributed by atoms with van der Waals surface area (Å²) in [7, 11) is 0. The second-order valence-electron chi connectivity index (χ2n) is 4.22. The first kappa shape index (κ1) is 7.57. The highest BCUT2D eigenvalue weighted by molar-refractivity contribution is 5.36. The molecule has 2 bridgehead atoms. The Morgan fingerprint density at radius 2 is 1.92 bits per heavy atom. The summed E-state index contributed by atoms with van der Waals surface area (Å²) >= 11 is 0. The highest BCUT2D eigenvalue weighted by Crippen LogP contribution is 2.39. The van der Waals surface area contributed by atoms with Crippen LogP contribution in [-0.4, -0.2) is 6.54 Å². The van der Waals surface area contributed by atoms with Gasteiger partial charge in [0.25, 0.3) is 0 Å². The smallest absolute Gasteiger partial charge is 0.0323 e. The van der Waals surface area contributed by atoms with Crippen molar-refractivity contribution < 1.29 is 0 Å². The molecule has 1 aromatic rings. The Morgan fingerprint density at radius 3 is 2.85 bits per heavy atom. The van der Waals surface area contributed by atoms with Gasteiger partial charge in [-0.05, 0) is 29.9 Å². The summed E-state index contributed by atoms with van der Waals surface area (Å²) in [6.07, 6.45) is 4.09. The Bertz CT molecular complexity index is 284. The molecule has 1 fully saturated rings. The van der Waals surface area contributed by atoms with E-state index in [1.165, 1.54) is 25.8 Å². The molecule has 0 amide bonds. The summed E-state index contributed by atoms with van der Waals surface area (Å²) < 4.78 is 0. The van der Waals surface area contributed by atoms with Gasteiger partial charge in [-0.1, -0.05) is 30.7 Å². The topological polar surface area (TPSA) is 12.0 Å². The van der Waals surface area contributed by atoms with E-state index in [0.29, 0.717) is 6.04 Å². The van der Waals surface area contributed by atoms with Crippen LogP contribution in [0.3, 0.4) is 0 Å². The maximum absolute atomic E-state index is 3.64. The molecule has 0 radical (unpaired) electrons. The SMILES string of the molecule is c1ccc2c(c1)C1CCCC2NC1. The monoisotopic (exact) mass is 173 g/mol. The van der Waals surface area contributed by atoms with Gasteiger partial charge in [-0.25, -0.2) is 0 Å². The Morgan fingerprint density at radius 1 is 1.08 bits per heavy atom. The molecule has 1 aromatic carbocycles. The van der Waals surface area contributed by atoms with Crippen LogP contribution in [0, 0.1) is 0 Å². The zero-order valence-electron chi connectivity index (χ0n) is 7.79. The minimum atomic E-state index is 0.648. The molecule has 1 saturated heterocycles. The third-order valence-corrected chi connectivity index (χ3v) is 3.47. The Balaban J connectivity index is 2.15. The predicted octanol–water partition coefficient (Wildman–Crippen LogP) is 2.60. The first-order valence-corrected chi connectivity index (χ1v) is 5.27. The average molecular weight is 173 g/mol. The molecule has 2 heterocycles. The van der Waals surface area contributed by atoms with Gasteiger partial charge in [0.1, 0.15) is 0 Å². The predicted molar refractivity (Wildman–Crippen MR) is 53.8 cm³/mol. The molecule has 1 N–H and O–H groups in total. The molecular weight excluding hydrogens is 158 g/mol. The van der Waals surface area contributed by atoms with Crippen LogP contribution in [0.5, 0.6) is 0 Å². The van der Waals surface area contributed by atoms with E-state index in [0.717, 1.165) is 5.92 Å². The average Bonchev–Trinajstić information content (AvgIpc) is 2.52. The fraction of sp³-hybridized carbons (Fsp3) is 0.500. The van der Waals surface area contributed by atoms with Gasteiger partial charge < -0.3 is 5.32 Å². The second-order valence-corrected chi connectivity index (χ2v) is 4.22. The number of fused-ring (bicyclic) bond motifs is 3.